The summed E-state index contributed by atoms with van der Waals surface area (Å²) in [5.41, 5.74) is 0.778. The summed E-state index contributed by atoms with van der Waals surface area (Å²) in [7, 11) is -1.04. The summed E-state index contributed by atoms with van der Waals surface area (Å²) in [5.74, 6) is -0.139. The van der Waals surface area contributed by atoms with E-state index in [-0.39, 0.29) is 23.4 Å². The lowest BCUT2D eigenvalue weighted by molar-refractivity contribution is -0.140. The molecule has 1 N–H and O–H groups in total. The second-order valence-corrected chi connectivity index (χ2v) is 10.6. The lowest BCUT2D eigenvalue weighted by atomic mass is 10.1. The second-order valence-electron chi connectivity index (χ2n) is 8.08. The van der Waals surface area contributed by atoms with Crippen molar-refractivity contribution >= 4 is 33.4 Å². The van der Waals surface area contributed by atoms with Gasteiger partial charge in [-0.1, -0.05) is 30.7 Å². The Bertz CT molecular complexity index is 1070. The van der Waals surface area contributed by atoms with Crippen molar-refractivity contribution in [3.05, 3.63) is 59.1 Å². The lowest BCUT2D eigenvalue weighted by Gasteiger charge is -2.31. The third-order valence-corrected chi connectivity index (χ3v) is 7.63. The predicted molar refractivity (Wildman–Crippen MR) is 132 cm³/mol. The SMILES string of the molecule is CCC(C)NC(=O)C(C)N(Cc1ccc(OC)cc1)C(=O)CN(C)S(=O)(=O)c1ccc(Cl)cc1. The van der Waals surface area contributed by atoms with Crippen LogP contribution in [-0.2, 0) is 26.2 Å². The number of methoxy groups -OCH3 is 1. The number of halogens is 1. The maximum absolute atomic E-state index is 13.3. The van der Waals surface area contributed by atoms with E-state index in [0.717, 1.165) is 16.3 Å². The fraction of sp³-hybridized carbons (Fsp3) is 0.417. The smallest absolute Gasteiger partial charge is 0.243 e. The van der Waals surface area contributed by atoms with Gasteiger partial charge in [-0.3, -0.25) is 9.59 Å². The molecule has 2 aromatic rings. The summed E-state index contributed by atoms with van der Waals surface area (Å²) in [6.07, 6.45) is 0.743. The molecular weight excluding hydrogens is 478 g/mol. The van der Waals surface area contributed by atoms with E-state index in [0.29, 0.717) is 10.8 Å². The maximum Gasteiger partial charge on any atom is 0.243 e. The standard InChI is InChI=1S/C24H32ClN3O5S/c1-6-17(2)26-24(30)18(3)28(15-19-7-11-21(33-5)12-8-19)23(29)16-27(4)34(31,32)22-13-9-20(25)10-14-22/h7-14,17-18H,6,15-16H2,1-5H3,(H,26,30). The summed E-state index contributed by atoms with van der Waals surface area (Å²) in [4.78, 5) is 27.5. The molecule has 8 nitrogen and oxygen atoms in total. The number of carbonyl (C=O) groups is 2. The van der Waals surface area contributed by atoms with Gasteiger partial charge in [-0.05, 0) is 62.2 Å². The molecule has 0 aliphatic heterocycles. The molecule has 0 aliphatic rings. The number of nitrogens with zero attached hydrogens (tertiary/aromatic N) is 2. The minimum absolute atomic E-state index is 0.0245. The lowest BCUT2D eigenvalue weighted by Crippen LogP contribution is -2.51. The minimum atomic E-state index is -3.92. The van der Waals surface area contributed by atoms with Gasteiger partial charge in [0.05, 0.1) is 18.6 Å². The van der Waals surface area contributed by atoms with Gasteiger partial charge in [0, 0.05) is 24.7 Å². The van der Waals surface area contributed by atoms with Crippen LogP contribution in [0.5, 0.6) is 5.75 Å². The van der Waals surface area contributed by atoms with Crippen LogP contribution in [0.4, 0.5) is 0 Å². The van der Waals surface area contributed by atoms with E-state index in [2.05, 4.69) is 5.32 Å². The Kier molecular flexibility index (Phi) is 9.90. The van der Waals surface area contributed by atoms with Crippen LogP contribution < -0.4 is 10.1 Å². The third-order valence-electron chi connectivity index (χ3n) is 5.56. The van der Waals surface area contributed by atoms with Gasteiger partial charge in [0.2, 0.25) is 21.8 Å². The van der Waals surface area contributed by atoms with Gasteiger partial charge in [0.1, 0.15) is 11.8 Å². The molecule has 2 atom stereocenters. The van der Waals surface area contributed by atoms with Crippen molar-refractivity contribution in [1.82, 2.24) is 14.5 Å². The molecule has 34 heavy (non-hydrogen) atoms. The van der Waals surface area contributed by atoms with Gasteiger partial charge in [0.15, 0.2) is 0 Å². The Morgan fingerprint density at radius 3 is 2.18 bits per heavy atom. The number of hydrogen-bond acceptors (Lipinski definition) is 5. The molecule has 2 amide bonds. The van der Waals surface area contributed by atoms with E-state index >= 15 is 0 Å². The van der Waals surface area contributed by atoms with Gasteiger partial charge in [-0.2, -0.15) is 4.31 Å². The second kappa shape index (κ2) is 12.2. The van der Waals surface area contributed by atoms with E-state index in [4.69, 9.17) is 16.3 Å². The molecular formula is C24H32ClN3O5S. The zero-order valence-electron chi connectivity index (χ0n) is 20.1. The first-order valence-electron chi connectivity index (χ1n) is 10.9. The number of amides is 2. The molecule has 0 saturated heterocycles. The number of hydrogen-bond donors (Lipinski definition) is 1. The highest BCUT2D eigenvalue weighted by Crippen LogP contribution is 2.19. The molecule has 0 saturated carbocycles. The first-order valence-corrected chi connectivity index (χ1v) is 12.8. The average Bonchev–Trinajstić information content (AvgIpc) is 2.82. The molecule has 2 rings (SSSR count). The molecule has 0 bridgehead atoms. The fourth-order valence-corrected chi connectivity index (χ4v) is 4.37. The van der Waals surface area contributed by atoms with Crippen LogP contribution in [0, 0.1) is 0 Å². The monoisotopic (exact) mass is 509 g/mol. The van der Waals surface area contributed by atoms with Crippen molar-refractivity contribution in [2.75, 3.05) is 20.7 Å². The Labute approximate surface area is 206 Å². The van der Waals surface area contributed by atoms with Crippen molar-refractivity contribution in [1.29, 1.82) is 0 Å². The summed E-state index contributed by atoms with van der Waals surface area (Å²) in [5, 5.41) is 3.29. The van der Waals surface area contributed by atoms with E-state index in [1.54, 1.807) is 38.3 Å². The molecule has 0 aromatic heterocycles. The quantitative estimate of drug-likeness (QED) is 0.501. The molecule has 0 heterocycles. The average molecular weight is 510 g/mol. The number of benzene rings is 2. The molecule has 2 aromatic carbocycles. The van der Waals surface area contributed by atoms with Crippen molar-refractivity contribution in [2.45, 2.75) is 50.7 Å². The maximum atomic E-state index is 13.3. The van der Waals surface area contributed by atoms with Crippen LogP contribution in [-0.4, -0.2) is 62.2 Å². The molecule has 10 heteroatoms. The molecule has 2 unspecified atom stereocenters. The minimum Gasteiger partial charge on any atom is -0.497 e. The molecule has 0 spiro atoms. The summed E-state index contributed by atoms with van der Waals surface area (Å²) in [6, 6.07) is 12.0. The van der Waals surface area contributed by atoms with Crippen LogP contribution >= 0.6 is 11.6 Å². The normalized spacial score (nSPS) is 13.3. The summed E-state index contributed by atoms with van der Waals surface area (Å²) in [6.45, 7) is 5.17. The van der Waals surface area contributed by atoms with Crippen LogP contribution in [0.2, 0.25) is 5.02 Å². The van der Waals surface area contributed by atoms with E-state index in [9.17, 15) is 18.0 Å². The highest BCUT2D eigenvalue weighted by atomic mass is 35.5. The van der Waals surface area contributed by atoms with Crippen LogP contribution in [0.1, 0.15) is 32.8 Å². The van der Waals surface area contributed by atoms with Gasteiger partial charge in [0.25, 0.3) is 0 Å². The first-order chi connectivity index (χ1) is 16.0. The van der Waals surface area contributed by atoms with Gasteiger partial charge >= 0.3 is 0 Å². The zero-order chi connectivity index (χ0) is 25.5. The summed E-state index contributed by atoms with van der Waals surface area (Å²) < 4.78 is 32.0. The summed E-state index contributed by atoms with van der Waals surface area (Å²) >= 11 is 5.86. The van der Waals surface area contributed by atoms with Crippen molar-refractivity contribution in [3.8, 4) is 5.75 Å². The molecule has 0 radical (unpaired) electrons. The number of rotatable bonds is 11. The molecule has 0 fully saturated rings. The molecule has 186 valence electrons. The van der Waals surface area contributed by atoms with Crippen molar-refractivity contribution in [2.24, 2.45) is 0 Å². The zero-order valence-corrected chi connectivity index (χ0v) is 21.7. The number of nitrogens with one attached hydrogen (secondary N) is 1. The number of ether oxygens (including phenoxy) is 1. The Morgan fingerprint density at radius 1 is 1.06 bits per heavy atom. The number of likely N-dealkylation sites (N-methyl/N-ethyl adjacent to an activating group) is 1. The van der Waals surface area contributed by atoms with Gasteiger partial charge in [-0.25, -0.2) is 8.42 Å². The number of carbonyl (C=O) groups excluding carboxylic acids is 2. The van der Waals surface area contributed by atoms with Crippen molar-refractivity contribution < 1.29 is 22.7 Å². The van der Waals surface area contributed by atoms with Crippen molar-refractivity contribution in [3.63, 3.8) is 0 Å². The van der Waals surface area contributed by atoms with Gasteiger partial charge < -0.3 is 15.0 Å². The first kappa shape index (κ1) is 27.6. The Morgan fingerprint density at radius 2 is 1.65 bits per heavy atom. The van der Waals surface area contributed by atoms with Crippen LogP contribution in [0.3, 0.4) is 0 Å². The number of sulfonamides is 1. The highest BCUT2D eigenvalue weighted by Gasteiger charge is 2.30. The Hall–Kier alpha value is -2.62. The fourth-order valence-electron chi connectivity index (χ4n) is 3.13. The topological polar surface area (TPSA) is 96.0 Å². The van der Waals surface area contributed by atoms with Crippen LogP contribution in [0.15, 0.2) is 53.4 Å². The molecule has 0 aliphatic carbocycles. The van der Waals surface area contributed by atoms with Crippen LogP contribution in [0.25, 0.3) is 0 Å². The third kappa shape index (κ3) is 7.19. The highest BCUT2D eigenvalue weighted by molar-refractivity contribution is 7.89. The largest absolute Gasteiger partial charge is 0.497 e. The van der Waals surface area contributed by atoms with E-state index in [1.807, 2.05) is 13.8 Å². The Balaban J connectivity index is 2.27. The predicted octanol–water partition coefficient (Wildman–Crippen LogP) is 3.30. The van der Waals surface area contributed by atoms with Gasteiger partial charge in [-0.15, -0.1) is 0 Å². The van der Waals surface area contributed by atoms with E-state index in [1.165, 1.54) is 36.2 Å². The van der Waals surface area contributed by atoms with E-state index < -0.39 is 28.5 Å².